The maximum Gasteiger partial charge on any atom is 0.407 e. The topological polar surface area (TPSA) is 86.3 Å². The minimum Gasteiger partial charge on any atom is -0.444 e. The van der Waals surface area contributed by atoms with Crippen LogP contribution in [-0.4, -0.2) is 42.6 Å². The van der Waals surface area contributed by atoms with Crippen molar-refractivity contribution < 1.29 is 9.53 Å². The third-order valence-corrected chi connectivity index (χ3v) is 4.97. The van der Waals surface area contributed by atoms with E-state index < -0.39 is 11.7 Å². The predicted octanol–water partition coefficient (Wildman–Crippen LogP) is 3.85. The summed E-state index contributed by atoms with van der Waals surface area (Å²) in [6.07, 6.45) is 7.03. The summed E-state index contributed by atoms with van der Waals surface area (Å²) in [5, 5.41) is 14.4. The van der Waals surface area contributed by atoms with Crippen LogP contribution < -0.4 is 5.32 Å². The molecule has 0 aliphatic carbocycles. The molecule has 29 heavy (non-hydrogen) atoms. The van der Waals surface area contributed by atoms with Crippen LogP contribution in [0.3, 0.4) is 0 Å². The number of aromatic nitrogens is 5. The largest absolute Gasteiger partial charge is 0.444 e. The number of rotatable bonds is 5. The van der Waals surface area contributed by atoms with Crippen molar-refractivity contribution in [1.82, 2.24) is 29.7 Å². The number of thiazole rings is 1. The van der Waals surface area contributed by atoms with Crippen molar-refractivity contribution in [1.29, 1.82) is 0 Å². The molecule has 4 aromatic rings. The van der Waals surface area contributed by atoms with E-state index in [-0.39, 0.29) is 0 Å². The molecule has 4 rings (SSSR count). The van der Waals surface area contributed by atoms with E-state index in [9.17, 15) is 4.79 Å². The number of carbonyl (C=O) groups is 1. The van der Waals surface area contributed by atoms with Crippen molar-refractivity contribution in [2.24, 2.45) is 0 Å². The summed E-state index contributed by atoms with van der Waals surface area (Å²) in [7, 11) is 0. The van der Waals surface area contributed by atoms with Crippen LogP contribution >= 0.6 is 11.3 Å². The Morgan fingerprint density at radius 2 is 2.10 bits per heavy atom. The molecule has 0 aliphatic heterocycles. The number of hydrogen-bond donors (Lipinski definition) is 1. The molecule has 0 spiro atoms. The van der Waals surface area contributed by atoms with Gasteiger partial charge in [-0.15, -0.1) is 11.3 Å². The Morgan fingerprint density at radius 1 is 1.24 bits per heavy atom. The Morgan fingerprint density at radius 3 is 2.93 bits per heavy atom. The number of carbonyl (C=O) groups excluding carboxylic acids is 1. The van der Waals surface area contributed by atoms with Crippen LogP contribution in [0.2, 0.25) is 0 Å². The Balaban J connectivity index is 1.41. The minimum atomic E-state index is -0.508. The summed E-state index contributed by atoms with van der Waals surface area (Å²) in [4.78, 5) is 16.5. The molecule has 8 nitrogen and oxygen atoms in total. The average molecular weight is 411 g/mol. The first-order valence-electron chi connectivity index (χ1n) is 9.27. The summed E-state index contributed by atoms with van der Waals surface area (Å²) in [5.41, 5.74) is 3.33. The van der Waals surface area contributed by atoms with Crippen molar-refractivity contribution in [2.75, 3.05) is 6.54 Å². The fraction of sp³-hybridized carbons (Fsp3) is 0.300. The molecule has 4 aromatic heterocycles. The molecule has 9 heteroatoms. The molecule has 0 aromatic carbocycles. The van der Waals surface area contributed by atoms with E-state index in [0.717, 1.165) is 27.3 Å². The molecule has 1 amide bonds. The van der Waals surface area contributed by atoms with E-state index in [0.29, 0.717) is 13.1 Å². The highest BCUT2D eigenvalue weighted by Crippen LogP contribution is 2.31. The number of nitrogens with zero attached hydrogens (tertiary/aromatic N) is 5. The first kappa shape index (κ1) is 19.1. The first-order chi connectivity index (χ1) is 13.9. The van der Waals surface area contributed by atoms with Crippen LogP contribution in [0.15, 0.2) is 48.4 Å². The van der Waals surface area contributed by atoms with Gasteiger partial charge in [0, 0.05) is 29.9 Å². The van der Waals surface area contributed by atoms with Gasteiger partial charge < -0.3 is 10.1 Å². The number of pyridine rings is 1. The van der Waals surface area contributed by atoms with E-state index in [2.05, 4.69) is 15.5 Å². The summed E-state index contributed by atoms with van der Waals surface area (Å²) < 4.78 is 8.84. The van der Waals surface area contributed by atoms with Crippen LogP contribution in [0.4, 0.5) is 4.79 Å². The van der Waals surface area contributed by atoms with Gasteiger partial charge >= 0.3 is 6.09 Å². The highest BCUT2D eigenvalue weighted by atomic mass is 32.1. The van der Waals surface area contributed by atoms with Gasteiger partial charge in [0.2, 0.25) is 0 Å². The van der Waals surface area contributed by atoms with Crippen molar-refractivity contribution in [3.63, 3.8) is 0 Å². The SMILES string of the molecule is CC(C)(C)OC(=O)NCCn1cc(-c2csc(-c3cnn4ccccc34)n2)cn1. The maximum absolute atomic E-state index is 11.7. The average Bonchev–Trinajstić information content (AvgIpc) is 3.38. The molecule has 0 saturated carbocycles. The molecular formula is C20H22N6O2S. The van der Waals surface area contributed by atoms with Crippen molar-refractivity contribution >= 4 is 22.9 Å². The third-order valence-electron chi connectivity index (χ3n) is 4.10. The Bertz CT molecular complexity index is 1140. The number of hydrogen-bond acceptors (Lipinski definition) is 6. The number of ether oxygens (including phenoxy) is 1. The fourth-order valence-corrected chi connectivity index (χ4v) is 3.68. The van der Waals surface area contributed by atoms with Gasteiger partial charge in [0.05, 0.1) is 35.7 Å². The lowest BCUT2D eigenvalue weighted by molar-refractivity contribution is 0.0525. The quantitative estimate of drug-likeness (QED) is 0.540. The molecular weight excluding hydrogens is 388 g/mol. The fourth-order valence-electron chi connectivity index (χ4n) is 2.83. The van der Waals surface area contributed by atoms with Crippen LogP contribution in [-0.2, 0) is 11.3 Å². The van der Waals surface area contributed by atoms with Gasteiger partial charge in [-0.2, -0.15) is 10.2 Å². The predicted molar refractivity (Wildman–Crippen MR) is 112 cm³/mol. The molecule has 0 radical (unpaired) electrons. The summed E-state index contributed by atoms with van der Waals surface area (Å²) in [6, 6.07) is 5.96. The second-order valence-corrected chi connectivity index (χ2v) is 8.41. The highest BCUT2D eigenvalue weighted by molar-refractivity contribution is 7.13. The second kappa shape index (κ2) is 7.67. The lowest BCUT2D eigenvalue weighted by Crippen LogP contribution is -2.34. The molecule has 0 saturated heterocycles. The van der Waals surface area contributed by atoms with Crippen molar-refractivity contribution in [3.05, 3.63) is 48.4 Å². The van der Waals surface area contributed by atoms with E-state index in [1.807, 2.05) is 67.5 Å². The molecule has 4 heterocycles. The standard InChI is InChI=1S/C20H22N6O2S/c1-20(2,3)28-19(27)21-7-9-25-12-14(10-22-25)16-13-29-18(24-16)15-11-23-26-8-5-4-6-17(15)26/h4-6,8,10-13H,7,9H2,1-3H3,(H,21,27). The minimum absolute atomic E-state index is 0.428. The van der Waals surface area contributed by atoms with E-state index in [1.165, 1.54) is 0 Å². The smallest absolute Gasteiger partial charge is 0.407 e. The molecule has 0 bridgehead atoms. The zero-order valence-electron chi connectivity index (χ0n) is 16.5. The Hall–Kier alpha value is -3.20. The lowest BCUT2D eigenvalue weighted by Gasteiger charge is -2.19. The van der Waals surface area contributed by atoms with Crippen LogP contribution in [0, 0.1) is 0 Å². The first-order valence-corrected chi connectivity index (χ1v) is 10.1. The van der Waals surface area contributed by atoms with Crippen LogP contribution in [0.5, 0.6) is 0 Å². The highest BCUT2D eigenvalue weighted by Gasteiger charge is 2.16. The lowest BCUT2D eigenvalue weighted by atomic mass is 10.2. The zero-order chi connectivity index (χ0) is 20.4. The van der Waals surface area contributed by atoms with Gasteiger partial charge in [-0.1, -0.05) is 6.07 Å². The normalized spacial score (nSPS) is 11.7. The molecule has 0 aliphatic rings. The second-order valence-electron chi connectivity index (χ2n) is 7.55. The molecule has 150 valence electrons. The number of nitrogens with one attached hydrogen (secondary N) is 1. The number of amides is 1. The van der Waals surface area contributed by atoms with Gasteiger partial charge in [-0.3, -0.25) is 4.68 Å². The molecule has 0 atom stereocenters. The van der Waals surface area contributed by atoms with Gasteiger partial charge in [0.25, 0.3) is 0 Å². The van der Waals surface area contributed by atoms with E-state index in [4.69, 9.17) is 9.72 Å². The monoisotopic (exact) mass is 410 g/mol. The molecule has 1 N–H and O–H groups in total. The summed E-state index contributed by atoms with van der Waals surface area (Å²) >= 11 is 1.58. The molecule has 0 unspecified atom stereocenters. The van der Waals surface area contributed by atoms with E-state index >= 15 is 0 Å². The van der Waals surface area contributed by atoms with Crippen LogP contribution in [0.1, 0.15) is 20.8 Å². The van der Waals surface area contributed by atoms with Crippen molar-refractivity contribution in [3.8, 4) is 21.8 Å². The maximum atomic E-state index is 11.7. The Kier molecular flexibility index (Phi) is 5.06. The summed E-state index contributed by atoms with van der Waals surface area (Å²) in [5.74, 6) is 0. The molecule has 0 fully saturated rings. The van der Waals surface area contributed by atoms with Gasteiger partial charge in [0.1, 0.15) is 10.6 Å². The van der Waals surface area contributed by atoms with Crippen molar-refractivity contribution in [2.45, 2.75) is 32.9 Å². The van der Waals surface area contributed by atoms with Gasteiger partial charge in [-0.25, -0.2) is 14.3 Å². The Labute approximate surface area is 172 Å². The number of alkyl carbamates (subject to hydrolysis) is 1. The number of fused-ring (bicyclic) bond motifs is 1. The summed E-state index contributed by atoms with van der Waals surface area (Å²) in [6.45, 7) is 6.48. The zero-order valence-corrected chi connectivity index (χ0v) is 17.3. The third kappa shape index (κ3) is 4.45. The van der Waals surface area contributed by atoms with Gasteiger partial charge in [0.15, 0.2) is 0 Å². The van der Waals surface area contributed by atoms with Gasteiger partial charge in [-0.05, 0) is 32.9 Å². The van der Waals surface area contributed by atoms with E-state index in [1.54, 1.807) is 22.2 Å². The van der Waals surface area contributed by atoms with Crippen LogP contribution in [0.25, 0.3) is 27.3 Å².